The number of rotatable bonds is 42. The van der Waals surface area contributed by atoms with Crippen molar-refractivity contribution in [2.75, 3.05) is 113 Å². The van der Waals surface area contributed by atoms with E-state index in [0.717, 1.165) is 31.4 Å². The summed E-state index contributed by atoms with van der Waals surface area (Å²) in [5, 5.41) is 39.2. The Bertz CT molecular complexity index is 3720. The van der Waals surface area contributed by atoms with Gasteiger partial charge in [-0.2, -0.15) is 11.8 Å². The number of carbonyl (C=O) groups excluding carboxylic acids is 10. The normalized spacial score (nSPS) is 14.6. The molecule has 3 atom stereocenters. The van der Waals surface area contributed by atoms with E-state index in [0.29, 0.717) is 88.9 Å². The average molecular weight is 1380 g/mol. The molecule has 11 amide bonds. The van der Waals surface area contributed by atoms with Gasteiger partial charge >= 0.3 is 6.03 Å². The number of unbranched alkanes of at least 4 members (excludes halogenated alkanes) is 1. The van der Waals surface area contributed by atoms with Crippen LogP contribution in [0.4, 0.5) is 27.8 Å². The van der Waals surface area contributed by atoms with Gasteiger partial charge in [-0.15, -0.1) is 5.10 Å². The van der Waals surface area contributed by atoms with Gasteiger partial charge in [-0.1, -0.05) is 18.6 Å². The zero-order valence-electron chi connectivity index (χ0n) is 55.4. The second-order valence-corrected chi connectivity index (χ2v) is 24.2. The van der Waals surface area contributed by atoms with Crippen LogP contribution in [0, 0.1) is 0 Å². The zero-order valence-corrected chi connectivity index (χ0v) is 56.3. The van der Waals surface area contributed by atoms with E-state index < -0.39 is 41.4 Å². The van der Waals surface area contributed by atoms with Gasteiger partial charge in [0.25, 0.3) is 29.5 Å². The van der Waals surface area contributed by atoms with Gasteiger partial charge in [0, 0.05) is 135 Å². The molecule has 0 saturated carbocycles. The molecule has 36 nitrogen and oxygen atoms in total. The fourth-order valence-electron chi connectivity index (χ4n) is 10.3. The summed E-state index contributed by atoms with van der Waals surface area (Å²) in [7, 11) is 6.44. The molecular weight excluding hydrogens is 1300 g/mol. The summed E-state index contributed by atoms with van der Waals surface area (Å²) < 4.78 is 31.5. The quantitative estimate of drug-likeness (QED) is 0.0181. The number of aryl methyl sites for hydroxylation is 4. The topological polar surface area (TPSA) is 434 Å². The Morgan fingerprint density at radius 3 is 1.76 bits per heavy atom. The van der Waals surface area contributed by atoms with E-state index in [4.69, 9.17) is 18.9 Å². The Morgan fingerprint density at radius 2 is 1.11 bits per heavy atom. The predicted octanol–water partition coefficient (Wildman–Crippen LogP) is 0.243. The van der Waals surface area contributed by atoms with Crippen molar-refractivity contribution in [1.29, 1.82) is 0 Å². The minimum Gasteiger partial charge on any atom is -0.377 e. The summed E-state index contributed by atoms with van der Waals surface area (Å²) in [5.41, 5.74) is 1.31. The molecule has 2 aliphatic heterocycles. The fraction of sp³-hybridized carbons (Fsp3) is 0.525. The van der Waals surface area contributed by atoms with Gasteiger partial charge in [0.05, 0.1) is 95.6 Å². The van der Waals surface area contributed by atoms with Crippen molar-refractivity contribution in [1.82, 2.24) is 90.0 Å². The van der Waals surface area contributed by atoms with Crippen LogP contribution in [0.5, 0.6) is 0 Å². The first-order valence-corrected chi connectivity index (χ1v) is 33.2. The van der Waals surface area contributed by atoms with Crippen LogP contribution in [-0.4, -0.2) is 221 Å². The van der Waals surface area contributed by atoms with Crippen molar-refractivity contribution in [2.24, 2.45) is 28.2 Å². The van der Waals surface area contributed by atoms with Gasteiger partial charge in [0.15, 0.2) is 17.5 Å². The lowest BCUT2D eigenvalue weighted by Gasteiger charge is -2.16. The van der Waals surface area contributed by atoms with Crippen LogP contribution < -0.4 is 58.5 Å². The summed E-state index contributed by atoms with van der Waals surface area (Å²) >= 11 is 1.87. The number of carbonyl (C=O) groups is 10. The Kier molecular flexibility index (Phi) is 28.3. The number of aromatic nitrogens is 11. The molecule has 11 N–H and O–H groups in total. The highest BCUT2D eigenvalue weighted by atomic mass is 32.2. The van der Waals surface area contributed by atoms with Gasteiger partial charge in [0.1, 0.15) is 17.1 Å². The Balaban J connectivity index is 0.752. The van der Waals surface area contributed by atoms with E-state index in [9.17, 15) is 47.9 Å². The molecule has 37 heteroatoms. The van der Waals surface area contributed by atoms with Crippen LogP contribution in [0.25, 0.3) is 0 Å². The number of amides is 11. The second kappa shape index (κ2) is 37.5. The maximum absolute atomic E-state index is 13.9. The number of urea groups is 1. The molecule has 0 bridgehead atoms. The summed E-state index contributed by atoms with van der Waals surface area (Å²) in [6, 6.07) is 3.21. The van der Waals surface area contributed by atoms with Gasteiger partial charge in [-0.25, -0.2) is 24.4 Å². The zero-order chi connectivity index (χ0) is 69.9. The monoisotopic (exact) mass is 1380 g/mol. The van der Waals surface area contributed by atoms with E-state index >= 15 is 0 Å². The third-order valence-electron chi connectivity index (χ3n) is 15.2. The average Bonchev–Trinajstić information content (AvgIpc) is 1.70. The van der Waals surface area contributed by atoms with E-state index in [1.54, 1.807) is 60.6 Å². The molecule has 6 aromatic heterocycles. The molecule has 0 aliphatic carbocycles. The van der Waals surface area contributed by atoms with Crippen molar-refractivity contribution in [3.8, 4) is 0 Å². The Hall–Kier alpha value is -9.98. The highest BCUT2D eigenvalue weighted by Crippen LogP contribution is 2.33. The van der Waals surface area contributed by atoms with Crippen molar-refractivity contribution >= 4 is 94.0 Å². The summed E-state index contributed by atoms with van der Waals surface area (Å²) in [6.07, 6.45) is 14.4. The molecule has 530 valence electrons. The summed E-state index contributed by atoms with van der Waals surface area (Å²) in [4.78, 5) is 141. The molecule has 98 heavy (non-hydrogen) atoms. The van der Waals surface area contributed by atoms with Crippen LogP contribution in [-0.2, 0) is 79.4 Å². The molecule has 6 aromatic rings. The van der Waals surface area contributed by atoms with Crippen molar-refractivity contribution < 1.29 is 66.9 Å². The first-order chi connectivity index (χ1) is 47.3. The summed E-state index contributed by atoms with van der Waals surface area (Å²) in [5.74, 6) is -2.86. The molecular formula is C61H86N22O14S. The molecule has 0 aromatic carbocycles. The van der Waals surface area contributed by atoms with Crippen molar-refractivity contribution in [3.05, 3.63) is 90.1 Å². The van der Waals surface area contributed by atoms with Crippen LogP contribution >= 0.6 is 11.8 Å². The van der Waals surface area contributed by atoms with Gasteiger partial charge < -0.3 is 100 Å². The number of anilines is 4. The third-order valence-corrected chi connectivity index (χ3v) is 16.7. The number of thioether (sulfide) groups is 1. The second-order valence-electron chi connectivity index (χ2n) is 23.0. The number of hydrogen-bond donors (Lipinski definition) is 11. The van der Waals surface area contributed by atoms with Crippen LogP contribution in [0.15, 0.2) is 55.5 Å². The van der Waals surface area contributed by atoms with Crippen LogP contribution in [0.1, 0.15) is 117 Å². The maximum atomic E-state index is 13.9. The van der Waals surface area contributed by atoms with Gasteiger partial charge in [0.2, 0.25) is 35.3 Å². The number of nitrogens with zero attached hydrogens (tertiary/aromatic N) is 11. The van der Waals surface area contributed by atoms with Gasteiger partial charge in [-0.05, 0) is 31.4 Å². The highest BCUT2D eigenvalue weighted by Gasteiger charge is 2.42. The largest absolute Gasteiger partial charge is 0.377 e. The van der Waals surface area contributed by atoms with E-state index in [-0.39, 0.29) is 128 Å². The lowest BCUT2D eigenvalue weighted by molar-refractivity contribution is -0.122. The summed E-state index contributed by atoms with van der Waals surface area (Å²) in [6.45, 7) is 5.88. The maximum Gasteiger partial charge on any atom is 0.315 e. The molecule has 2 fully saturated rings. The molecule has 0 unspecified atom stereocenters. The Labute approximate surface area is 568 Å². The predicted molar refractivity (Wildman–Crippen MR) is 356 cm³/mol. The molecule has 8 rings (SSSR count). The number of ether oxygens (including phenoxy) is 4. The Morgan fingerprint density at radius 1 is 0.551 bits per heavy atom. The number of nitrogens with one attached hydrogen (secondary N) is 11. The number of hydrogen-bond acceptors (Lipinski definition) is 20. The number of imidazole rings is 3. The lowest BCUT2D eigenvalue weighted by atomic mass is 10.0. The lowest BCUT2D eigenvalue weighted by Crippen LogP contribution is -2.36. The molecule has 2 saturated heterocycles. The smallest absolute Gasteiger partial charge is 0.315 e. The minimum atomic E-state index is -0.692. The standard InChI is InChI=1S/C61H86N22O14S/c1-6-14-62-49(85)11-15-67-58(90)54-73-46(36-80(54)4)71-51(87)13-17-66-57(89)44-31-40(69-60(92)55-74-47(37-81(55)5)72-50(86)12-16-65-56(88)43-30-39(32-79(43)3)68-59(91)53-64-18-20-78(53)2)33-82(44)34-41-35-83(77-76-41)21-23-95-25-27-97-29-28-96-26-24-94-22-19-63-48(84)10-8-7-9-45-52-42(38-98-45)70-61(93)75-52/h18,20,30-33,35-37,42,45,52H,6-17,19,21-29,34,38H2,1-5H3,(H,62,85)(H,63,84)(H,65,88)(H,66,89)(H,67,90)(H,68,91)(H,69,92)(H,71,87)(H,72,86)(H2,70,75,93)/t42-,45-,52-/m0/s1. The fourth-order valence-corrected chi connectivity index (χ4v) is 11.9. The number of fused-ring (bicyclic) bond motifs is 1. The third kappa shape index (κ3) is 22.8. The van der Waals surface area contributed by atoms with Crippen LogP contribution in [0.2, 0.25) is 0 Å². The van der Waals surface area contributed by atoms with Gasteiger partial charge in [-0.3, -0.25) is 43.2 Å². The molecule has 0 radical (unpaired) electrons. The molecule has 2 aliphatic rings. The van der Waals surface area contributed by atoms with Crippen molar-refractivity contribution in [2.45, 2.75) is 88.7 Å². The minimum absolute atomic E-state index is 0.00510. The van der Waals surface area contributed by atoms with E-state index in [1.807, 2.05) is 18.7 Å². The van der Waals surface area contributed by atoms with Crippen molar-refractivity contribution in [3.63, 3.8) is 0 Å². The highest BCUT2D eigenvalue weighted by molar-refractivity contribution is 8.00. The van der Waals surface area contributed by atoms with Crippen LogP contribution in [0.3, 0.4) is 0 Å². The first kappa shape index (κ1) is 73.8. The molecule has 8 heterocycles. The van der Waals surface area contributed by atoms with E-state index in [1.165, 1.54) is 50.6 Å². The SMILES string of the molecule is CCCNC(=O)CCNC(=O)c1nc(NC(=O)CCNC(=O)c2cc(NC(=O)c3nc(NC(=O)CCNC(=O)c4cc(NC(=O)c5nccn5C)cn4C)cn3C)cn2Cc2cn(CCOCCOCCOCCOCCNC(=O)CCCC[C@@H]3SC[C@@H]4NC(=O)N[C@@H]43)nn2)cn1C. The molecule has 0 spiro atoms. The van der Waals surface area contributed by atoms with E-state index in [2.05, 4.69) is 83.7 Å². The first-order valence-electron chi connectivity index (χ1n) is 32.2.